The van der Waals surface area contributed by atoms with Gasteiger partial charge in [0.1, 0.15) is 6.07 Å². The quantitative estimate of drug-likeness (QED) is 0.328. The summed E-state index contributed by atoms with van der Waals surface area (Å²) in [5.74, 6) is -0.0462. The summed E-state index contributed by atoms with van der Waals surface area (Å²) >= 11 is 6.23. The molecule has 4 rings (SSSR count). The smallest absolute Gasteiger partial charge is 0.227 e. The summed E-state index contributed by atoms with van der Waals surface area (Å²) in [7, 11) is 0. The summed E-state index contributed by atoms with van der Waals surface area (Å²) in [6, 6.07) is 2.17. The first-order chi connectivity index (χ1) is 16.9. The van der Waals surface area contributed by atoms with Crippen LogP contribution in [0.25, 0.3) is 0 Å². The predicted octanol–water partition coefficient (Wildman–Crippen LogP) is 7.75. The lowest BCUT2D eigenvalue weighted by molar-refractivity contribution is -0.140. The van der Waals surface area contributed by atoms with Crippen molar-refractivity contribution >= 4 is 28.4 Å². The molecule has 0 heterocycles. The van der Waals surface area contributed by atoms with Gasteiger partial charge in [0, 0.05) is 22.2 Å². The largest absolute Gasteiger partial charge is 0.295 e. The Morgan fingerprint density at radius 1 is 0.919 bits per heavy atom. The summed E-state index contributed by atoms with van der Waals surface area (Å²) < 4.78 is 0. The van der Waals surface area contributed by atoms with Crippen molar-refractivity contribution in [3.63, 3.8) is 0 Å². The first kappa shape index (κ1) is 28.3. The summed E-state index contributed by atoms with van der Waals surface area (Å²) in [6.07, 6.45) is 10.3. The molecule has 5 heteroatoms. The van der Waals surface area contributed by atoms with E-state index in [0.29, 0.717) is 6.42 Å². The predicted molar refractivity (Wildman–Crippen MR) is 147 cm³/mol. The molecule has 0 saturated heterocycles. The van der Waals surface area contributed by atoms with Gasteiger partial charge < -0.3 is 0 Å². The van der Waals surface area contributed by atoms with Gasteiger partial charge in [-0.2, -0.15) is 5.26 Å². The molecule has 0 N–H and O–H groups in total. The van der Waals surface area contributed by atoms with Crippen LogP contribution in [0.4, 0.5) is 0 Å². The van der Waals surface area contributed by atoms with Crippen LogP contribution in [0.1, 0.15) is 107 Å². The zero-order chi connectivity index (χ0) is 27.8. The van der Waals surface area contributed by atoms with Crippen molar-refractivity contribution in [1.29, 1.82) is 5.26 Å². The summed E-state index contributed by atoms with van der Waals surface area (Å²) in [5, 5.41) is 9.58. The Morgan fingerprint density at radius 2 is 1.54 bits per heavy atom. The van der Waals surface area contributed by atoms with Crippen LogP contribution < -0.4 is 0 Å². The second-order valence-corrected chi connectivity index (χ2v) is 15.2. The third-order valence-corrected chi connectivity index (χ3v) is 12.3. The van der Waals surface area contributed by atoms with E-state index in [1.54, 1.807) is 0 Å². The monoisotopic (exact) mass is 525 g/mol. The molecule has 0 spiro atoms. The van der Waals surface area contributed by atoms with E-state index in [1.165, 1.54) is 0 Å². The van der Waals surface area contributed by atoms with Gasteiger partial charge >= 0.3 is 0 Å². The highest BCUT2D eigenvalue weighted by Crippen LogP contribution is 2.70. The van der Waals surface area contributed by atoms with Crippen LogP contribution >= 0.6 is 11.6 Å². The molecule has 0 bridgehead atoms. The number of hydrogen-bond donors (Lipinski definition) is 0. The first-order valence-corrected chi connectivity index (χ1v) is 14.4. The van der Waals surface area contributed by atoms with Crippen LogP contribution in [0.3, 0.4) is 0 Å². The summed E-state index contributed by atoms with van der Waals surface area (Å²) in [4.78, 5) is 40.0. The molecule has 0 aromatic rings. The van der Waals surface area contributed by atoms with Gasteiger partial charge in [0.2, 0.25) is 5.24 Å². The third kappa shape index (κ3) is 4.02. The molecule has 4 aliphatic carbocycles. The Kier molecular flexibility index (Phi) is 6.60. The number of nitrogens with zero attached hydrogens (tertiary/aromatic N) is 1. The van der Waals surface area contributed by atoms with Gasteiger partial charge in [-0.15, -0.1) is 0 Å². The molecule has 4 nitrogen and oxygen atoms in total. The maximum absolute atomic E-state index is 14.1. The molecular weight excluding hydrogens is 482 g/mol. The van der Waals surface area contributed by atoms with Crippen molar-refractivity contribution in [2.45, 2.75) is 107 Å². The fraction of sp³-hybridized carbons (Fsp3) is 0.750. The minimum absolute atomic E-state index is 0.0128. The van der Waals surface area contributed by atoms with Gasteiger partial charge in [-0.25, -0.2) is 0 Å². The highest BCUT2D eigenvalue weighted by Gasteiger charge is 2.65. The Hall–Kier alpha value is -1.73. The van der Waals surface area contributed by atoms with Gasteiger partial charge in [-0.3, -0.25) is 14.4 Å². The first-order valence-electron chi connectivity index (χ1n) is 14.0. The van der Waals surface area contributed by atoms with Crippen LogP contribution in [0.5, 0.6) is 0 Å². The number of Topliss-reactive ketones (excluding diaryl/α,β-unsaturated/α-hetero) is 1. The van der Waals surface area contributed by atoms with Crippen LogP contribution in [0, 0.1) is 55.7 Å². The van der Waals surface area contributed by atoms with Gasteiger partial charge in [-0.05, 0) is 91.2 Å². The van der Waals surface area contributed by atoms with Gasteiger partial charge in [0.05, 0.1) is 5.57 Å². The molecule has 0 amide bonds. The molecule has 1 unspecified atom stereocenters. The standard InChI is InChI=1S/C32H44ClNO3/c1-27(2)11-9-21-22(35)17-24-30(6)18-20(19-34)25(36)28(3,4)23(30)10-12-32(24,8)31(21,7)16-15-29(5,14-13-27)26(33)37/h17-18,21,23H,9-16H2,1-8H3/t21?,23-,29-,30-,31+,32+/m0/s1. The number of fused-ring (bicyclic) bond motifs is 5. The fourth-order valence-electron chi connectivity index (χ4n) is 8.78. The number of hydrogen-bond acceptors (Lipinski definition) is 4. The minimum atomic E-state index is -0.679. The van der Waals surface area contributed by atoms with E-state index in [1.807, 2.05) is 32.9 Å². The molecule has 2 saturated carbocycles. The van der Waals surface area contributed by atoms with Crippen LogP contribution in [-0.4, -0.2) is 16.8 Å². The molecule has 0 aromatic heterocycles. The number of allylic oxidation sites excluding steroid dienone is 4. The molecule has 0 radical (unpaired) electrons. The lowest BCUT2D eigenvalue weighted by atomic mass is 9.38. The molecule has 0 aromatic carbocycles. The molecule has 37 heavy (non-hydrogen) atoms. The maximum atomic E-state index is 14.1. The maximum Gasteiger partial charge on any atom is 0.227 e. The van der Waals surface area contributed by atoms with E-state index in [9.17, 15) is 19.6 Å². The van der Waals surface area contributed by atoms with E-state index in [4.69, 9.17) is 11.6 Å². The minimum Gasteiger partial charge on any atom is -0.295 e. The van der Waals surface area contributed by atoms with Crippen molar-refractivity contribution in [1.82, 2.24) is 0 Å². The Labute approximate surface area is 228 Å². The number of rotatable bonds is 1. The Morgan fingerprint density at radius 3 is 2.14 bits per heavy atom. The number of carbonyl (C=O) groups is 3. The summed E-state index contributed by atoms with van der Waals surface area (Å²) in [6.45, 7) is 17.1. The topological polar surface area (TPSA) is 75.0 Å². The number of carbonyl (C=O) groups excluding carboxylic acids is 3. The second-order valence-electron chi connectivity index (χ2n) is 14.9. The molecule has 202 valence electrons. The molecule has 0 aliphatic heterocycles. The number of ketones is 2. The lowest BCUT2D eigenvalue weighted by Crippen LogP contribution is -2.60. The average Bonchev–Trinajstić information content (AvgIpc) is 2.80. The third-order valence-electron chi connectivity index (χ3n) is 11.9. The highest BCUT2D eigenvalue weighted by molar-refractivity contribution is 6.64. The Balaban J connectivity index is 1.91. The van der Waals surface area contributed by atoms with E-state index in [-0.39, 0.29) is 50.5 Å². The van der Waals surface area contributed by atoms with E-state index < -0.39 is 16.2 Å². The zero-order valence-electron chi connectivity index (χ0n) is 24.0. The van der Waals surface area contributed by atoms with Crippen LogP contribution in [0.2, 0.25) is 0 Å². The Bertz CT molecular complexity index is 1160. The SMILES string of the molecule is CC1(C)CCC2C(=O)C=C3[C@@]4(C)C=C(C#N)C(=O)C(C)(C)[C@@H]4CC[C@@]3(C)[C@]2(C)CC[C@@](C)(C(=O)Cl)CC1. The van der Waals surface area contributed by atoms with Crippen molar-refractivity contribution < 1.29 is 14.4 Å². The van der Waals surface area contributed by atoms with Crippen molar-refractivity contribution in [3.8, 4) is 6.07 Å². The molecule has 2 fully saturated rings. The lowest BCUT2D eigenvalue weighted by Gasteiger charge is -2.65. The van der Waals surface area contributed by atoms with E-state index >= 15 is 0 Å². The number of nitriles is 1. The molecular formula is C32H44ClNO3. The van der Waals surface area contributed by atoms with Gasteiger partial charge in [0.25, 0.3) is 0 Å². The summed E-state index contributed by atoms with van der Waals surface area (Å²) in [5.41, 5.74) is -1.23. The van der Waals surface area contributed by atoms with Crippen LogP contribution in [0.15, 0.2) is 23.3 Å². The van der Waals surface area contributed by atoms with Crippen molar-refractivity contribution in [3.05, 3.63) is 23.3 Å². The van der Waals surface area contributed by atoms with Crippen molar-refractivity contribution in [2.75, 3.05) is 0 Å². The van der Waals surface area contributed by atoms with Crippen molar-refractivity contribution in [2.24, 2.45) is 44.3 Å². The van der Waals surface area contributed by atoms with Crippen LogP contribution in [-0.2, 0) is 14.4 Å². The zero-order valence-corrected chi connectivity index (χ0v) is 24.8. The van der Waals surface area contributed by atoms with E-state index in [0.717, 1.165) is 50.5 Å². The highest BCUT2D eigenvalue weighted by atomic mass is 35.5. The normalized spacial score (nSPS) is 43.2. The molecule has 6 atom stereocenters. The second kappa shape index (κ2) is 8.64. The van der Waals surface area contributed by atoms with E-state index in [2.05, 4.69) is 40.7 Å². The average molecular weight is 526 g/mol. The fourth-order valence-corrected chi connectivity index (χ4v) is 8.97. The van der Waals surface area contributed by atoms with Gasteiger partial charge in [-0.1, -0.05) is 67.0 Å². The van der Waals surface area contributed by atoms with Gasteiger partial charge in [0.15, 0.2) is 11.6 Å². The number of halogens is 1. The molecule has 4 aliphatic rings.